The van der Waals surface area contributed by atoms with Crippen molar-refractivity contribution in [3.05, 3.63) is 0 Å². The summed E-state index contributed by atoms with van der Waals surface area (Å²) in [7, 11) is 4.31. The van der Waals surface area contributed by atoms with Gasteiger partial charge in [0.2, 0.25) is 0 Å². The van der Waals surface area contributed by atoms with E-state index in [1.54, 1.807) is 0 Å². The van der Waals surface area contributed by atoms with Crippen molar-refractivity contribution in [2.24, 2.45) is 0 Å². The molecule has 0 spiro atoms. The maximum absolute atomic E-state index is 9.67. The molecule has 1 nitrogen and oxygen atoms in total. The van der Waals surface area contributed by atoms with Crippen molar-refractivity contribution < 1.29 is 13.2 Å². The highest BCUT2D eigenvalue weighted by Crippen LogP contribution is 2.08. The van der Waals surface area contributed by atoms with Gasteiger partial charge in [-0.05, 0) is 27.1 Å². The van der Waals surface area contributed by atoms with Gasteiger partial charge in [-0.1, -0.05) is 51.9 Å². The van der Waals surface area contributed by atoms with E-state index < -0.39 is 6.68 Å². The monoisotopic (exact) mass is 255 g/mol. The van der Waals surface area contributed by atoms with E-state index in [2.05, 4.69) is 25.9 Å². The normalized spacial score (nSPS) is 10.6. The molecule has 0 radical (unpaired) electrons. The minimum Gasteiger partial charge on any atom is -0.309 e. The largest absolute Gasteiger partial charge is 0.379 e. The molecule has 0 unspecified atom stereocenters. The number of halogens is 3. The lowest BCUT2D eigenvalue weighted by Crippen LogP contribution is -2.12. The van der Waals surface area contributed by atoms with Gasteiger partial charge in [0.05, 0.1) is 0 Å². The quantitative estimate of drug-likeness (QED) is 0.531. The number of unbranched alkanes of at least 4 members (excludes halogenated alkanes) is 7. The summed E-state index contributed by atoms with van der Waals surface area (Å²) in [5.41, 5.74) is 0. The molecule has 4 heteroatoms. The van der Waals surface area contributed by atoms with E-state index in [9.17, 15) is 13.2 Å². The molecule has 0 atom stereocenters. The van der Waals surface area contributed by atoms with Crippen LogP contribution in [0, 0.1) is 0 Å². The molecule has 0 aliphatic rings. The Bertz CT molecular complexity index is 127. The highest BCUT2D eigenvalue weighted by molar-refractivity contribution is 4.48. The molecule has 0 heterocycles. The first-order chi connectivity index (χ1) is 8.00. The molecule has 0 saturated carbocycles. The molecule has 0 N–H and O–H groups in total. The molecule has 17 heavy (non-hydrogen) atoms. The zero-order chi connectivity index (χ0) is 13.5. The van der Waals surface area contributed by atoms with Gasteiger partial charge >= 0.3 is 6.68 Å². The first-order valence-electron chi connectivity index (χ1n) is 6.57. The molecule has 0 aromatic rings. The third-order valence-electron chi connectivity index (χ3n) is 2.46. The molecule has 0 aromatic heterocycles. The van der Waals surface area contributed by atoms with Crippen molar-refractivity contribution >= 4 is 0 Å². The Kier molecular flexibility index (Phi) is 17.7. The van der Waals surface area contributed by atoms with Gasteiger partial charge < -0.3 is 4.90 Å². The highest BCUT2D eigenvalue weighted by Gasteiger charge is 1.92. The number of nitrogens with zero attached hydrogens (tertiary/aromatic N) is 1. The fourth-order valence-electron chi connectivity index (χ4n) is 1.56. The van der Waals surface area contributed by atoms with Gasteiger partial charge in [0.15, 0.2) is 0 Å². The zero-order valence-electron chi connectivity index (χ0n) is 11.5. The topological polar surface area (TPSA) is 3.24 Å². The zero-order valence-corrected chi connectivity index (χ0v) is 11.5. The highest BCUT2D eigenvalue weighted by atomic mass is 19.4. The summed E-state index contributed by atoms with van der Waals surface area (Å²) < 4.78 is 29.0. The van der Waals surface area contributed by atoms with Crippen LogP contribution in [-0.4, -0.2) is 32.2 Å². The van der Waals surface area contributed by atoms with E-state index >= 15 is 0 Å². The molecular weight excluding hydrogens is 227 g/mol. The molecule has 106 valence electrons. The number of alkyl halides is 3. The SMILES string of the molecule is CCCCCCCCCCN(C)C.FC(F)F. The van der Waals surface area contributed by atoms with E-state index in [0.29, 0.717) is 0 Å². The van der Waals surface area contributed by atoms with Crippen LogP contribution in [0.15, 0.2) is 0 Å². The minimum atomic E-state index is -3.67. The van der Waals surface area contributed by atoms with Crippen molar-refractivity contribution in [1.29, 1.82) is 0 Å². The van der Waals surface area contributed by atoms with Gasteiger partial charge in [0.25, 0.3) is 0 Å². The van der Waals surface area contributed by atoms with Gasteiger partial charge in [0.1, 0.15) is 0 Å². The second kappa shape index (κ2) is 15.8. The van der Waals surface area contributed by atoms with Crippen LogP contribution in [0.2, 0.25) is 0 Å². The average molecular weight is 255 g/mol. The third-order valence-corrected chi connectivity index (χ3v) is 2.46. The molecule has 0 bridgehead atoms. The Labute approximate surface area is 104 Å². The Hall–Kier alpha value is -0.250. The van der Waals surface area contributed by atoms with Crippen molar-refractivity contribution in [1.82, 2.24) is 4.90 Å². The van der Waals surface area contributed by atoms with Crippen LogP contribution in [0.1, 0.15) is 58.3 Å². The standard InChI is InChI=1S/C12H27N.CHF3/c1-4-5-6-7-8-9-10-11-12-13(2)3;2-1(3)4/h4-12H2,1-3H3;1H. The lowest BCUT2D eigenvalue weighted by molar-refractivity contribution is 0.00819. The molecule has 0 aliphatic heterocycles. The smallest absolute Gasteiger partial charge is 0.309 e. The fourth-order valence-corrected chi connectivity index (χ4v) is 1.56. The Balaban J connectivity index is 0. The second-order valence-corrected chi connectivity index (χ2v) is 4.53. The van der Waals surface area contributed by atoms with Crippen LogP contribution < -0.4 is 0 Å². The van der Waals surface area contributed by atoms with Gasteiger partial charge in [-0.3, -0.25) is 0 Å². The number of hydrogen-bond acceptors (Lipinski definition) is 1. The number of hydrogen-bond donors (Lipinski definition) is 0. The van der Waals surface area contributed by atoms with Crippen LogP contribution in [-0.2, 0) is 0 Å². The summed E-state index contributed by atoms with van der Waals surface area (Å²) in [6.07, 6.45) is 11.4. The minimum absolute atomic E-state index is 1.26. The summed E-state index contributed by atoms with van der Waals surface area (Å²) in [4.78, 5) is 2.27. The van der Waals surface area contributed by atoms with E-state index in [0.717, 1.165) is 0 Å². The maximum Gasteiger partial charge on any atom is 0.379 e. The first-order valence-corrected chi connectivity index (χ1v) is 6.57. The Morgan fingerprint density at radius 3 is 1.47 bits per heavy atom. The van der Waals surface area contributed by atoms with E-state index in [1.165, 1.54) is 57.9 Å². The summed E-state index contributed by atoms with van der Waals surface area (Å²) in [6, 6.07) is 0. The van der Waals surface area contributed by atoms with Crippen LogP contribution in [0.3, 0.4) is 0 Å². The maximum atomic E-state index is 9.67. The van der Waals surface area contributed by atoms with E-state index in [4.69, 9.17) is 0 Å². The van der Waals surface area contributed by atoms with Crippen molar-refractivity contribution in [3.8, 4) is 0 Å². The predicted octanol–water partition coefficient (Wildman–Crippen LogP) is 4.87. The second-order valence-electron chi connectivity index (χ2n) is 4.53. The van der Waals surface area contributed by atoms with Gasteiger partial charge in [-0.2, -0.15) is 13.2 Å². The van der Waals surface area contributed by atoms with Gasteiger partial charge in [0, 0.05) is 0 Å². The fraction of sp³-hybridized carbons (Fsp3) is 1.00. The van der Waals surface area contributed by atoms with Crippen molar-refractivity contribution in [3.63, 3.8) is 0 Å². The summed E-state index contributed by atoms with van der Waals surface area (Å²) in [5.74, 6) is 0. The molecule has 0 rings (SSSR count). The Morgan fingerprint density at radius 2 is 1.12 bits per heavy atom. The van der Waals surface area contributed by atoms with Crippen LogP contribution >= 0.6 is 0 Å². The van der Waals surface area contributed by atoms with Crippen molar-refractivity contribution in [2.45, 2.75) is 65.0 Å². The molecule has 0 saturated heterocycles. The average Bonchev–Trinajstić information content (AvgIpc) is 2.21. The summed E-state index contributed by atoms with van der Waals surface area (Å²) in [6.45, 7) is -0.133. The lowest BCUT2D eigenvalue weighted by Gasteiger charge is -2.08. The molecule has 0 amide bonds. The molecular formula is C13H28F3N. The predicted molar refractivity (Wildman–Crippen MR) is 68.3 cm³/mol. The number of rotatable bonds is 9. The van der Waals surface area contributed by atoms with Crippen LogP contribution in [0.5, 0.6) is 0 Å². The van der Waals surface area contributed by atoms with Crippen molar-refractivity contribution in [2.75, 3.05) is 20.6 Å². The lowest BCUT2D eigenvalue weighted by atomic mass is 10.1. The van der Waals surface area contributed by atoms with Gasteiger partial charge in [-0.25, -0.2) is 0 Å². The Morgan fingerprint density at radius 1 is 0.765 bits per heavy atom. The van der Waals surface area contributed by atoms with Gasteiger partial charge in [-0.15, -0.1) is 0 Å². The molecule has 0 fully saturated rings. The summed E-state index contributed by atoms with van der Waals surface area (Å²) >= 11 is 0. The van der Waals surface area contributed by atoms with E-state index in [1.807, 2.05) is 0 Å². The molecule has 0 aromatic carbocycles. The third kappa shape index (κ3) is 31.3. The summed E-state index contributed by atoms with van der Waals surface area (Å²) in [5, 5.41) is 0. The van der Waals surface area contributed by atoms with Crippen LogP contribution in [0.4, 0.5) is 13.2 Å². The van der Waals surface area contributed by atoms with Crippen LogP contribution in [0.25, 0.3) is 0 Å². The van der Waals surface area contributed by atoms with E-state index in [-0.39, 0.29) is 0 Å². The molecule has 0 aliphatic carbocycles. The first kappa shape index (κ1) is 19.1.